The molecule has 1 aliphatic heterocycles. The topological polar surface area (TPSA) is 60.3 Å². The Kier molecular flexibility index (Phi) is 3.53. The van der Waals surface area contributed by atoms with Gasteiger partial charge in [0.2, 0.25) is 5.91 Å². The number of Topliss-reactive ketones (excluding diaryl/α,β-unsaturated/α-hetero) is 1. The molecule has 0 spiro atoms. The molecule has 0 saturated carbocycles. The van der Waals surface area contributed by atoms with Gasteiger partial charge in [-0.05, 0) is 38.1 Å². The van der Waals surface area contributed by atoms with Crippen LogP contribution in [0.1, 0.15) is 24.5 Å². The zero-order valence-corrected chi connectivity index (χ0v) is 14.3. The molecule has 0 bridgehead atoms. The van der Waals surface area contributed by atoms with E-state index in [1.165, 1.54) is 0 Å². The van der Waals surface area contributed by atoms with Gasteiger partial charge in [-0.15, -0.1) is 0 Å². The van der Waals surface area contributed by atoms with E-state index in [2.05, 4.69) is 18.3 Å². The van der Waals surface area contributed by atoms with Gasteiger partial charge in [0.1, 0.15) is 18.4 Å². The van der Waals surface area contributed by atoms with Crippen LogP contribution < -0.4 is 10.1 Å². The molecule has 0 fully saturated rings. The number of amides is 1. The Morgan fingerprint density at radius 3 is 2.88 bits per heavy atom. The van der Waals surface area contributed by atoms with Gasteiger partial charge in [0.15, 0.2) is 5.78 Å². The van der Waals surface area contributed by atoms with Crippen molar-refractivity contribution in [3.05, 3.63) is 65.6 Å². The molecule has 2 atom stereocenters. The number of fused-ring (bicyclic) bond motifs is 3. The Morgan fingerprint density at radius 1 is 1.36 bits per heavy atom. The van der Waals surface area contributed by atoms with Gasteiger partial charge < -0.3 is 14.6 Å². The van der Waals surface area contributed by atoms with E-state index in [0.29, 0.717) is 5.70 Å². The van der Waals surface area contributed by atoms with Crippen LogP contribution in [-0.2, 0) is 21.5 Å². The first kappa shape index (κ1) is 15.7. The number of aryl methyl sites for hydroxylation is 1. The summed E-state index contributed by atoms with van der Waals surface area (Å²) in [6.45, 7) is 4.28. The number of hydrogen-bond acceptors (Lipinski definition) is 3. The monoisotopic (exact) mass is 336 g/mol. The van der Waals surface area contributed by atoms with Crippen molar-refractivity contribution < 1.29 is 14.3 Å². The molecule has 128 valence electrons. The molecular formula is C20H20N2O3. The normalized spacial score (nSPS) is 24.2. The quantitative estimate of drug-likeness (QED) is 0.937. The number of nitrogens with one attached hydrogen (secondary N) is 1. The Morgan fingerprint density at radius 2 is 2.12 bits per heavy atom. The minimum Gasteiger partial charge on any atom is -0.488 e. The fourth-order valence-corrected chi connectivity index (χ4v) is 3.64. The van der Waals surface area contributed by atoms with Crippen molar-refractivity contribution in [1.29, 1.82) is 0 Å². The zero-order chi connectivity index (χ0) is 17.6. The predicted octanol–water partition coefficient (Wildman–Crippen LogP) is 2.49. The number of carbonyl (C=O) groups excluding carboxylic acids is 2. The van der Waals surface area contributed by atoms with Crippen LogP contribution in [0.25, 0.3) is 0 Å². The van der Waals surface area contributed by atoms with Gasteiger partial charge in [0.25, 0.3) is 0 Å². The molecule has 5 nitrogen and oxygen atoms in total. The maximum absolute atomic E-state index is 12.5. The summed E-state index contributed by atoms with van der Waals surface area (Å²) in [4.78, 5) is 24.7. The molecule has 1 N–H and O–H groups in total. The minimum absolute atomic E-state index is 0.0899. The van der Waals surface area contributed by atoms with Crippen LogP contribution in [0, 0.1) is 6.92 Å². The molecule has 0 radical (unpaired) electrons. The fourth-order valence-electron chi connectivity index (χ4n) is 3.64. The summed E-state index contributed by atoms with van der Waals surface area (Å²) in [6, 6.07) is 9.78. The molecule has 2 aliphatic rings. The second kappa shape index (κ2) is 5.62. The summed E-state index contributed by atoms with van der Waals surface area (Å²) < 4.78 is 7.76. The Labute approximate surface area is 146 Å². The highest BCUT2D eigenvalue weighted by Gasteiger charge is 2.48. The molecule has 1 aromatic heterocycles. The summed E-state index contributed by atoms with van der Waals surface area (Å²) in [5.74, 6) is 0.524. The highest BCUT2D eigenvalue weighted by atomic mass is 16.5. The highest BCUT2D eigenvalue weighted by molar-refractivity contribution is 6.00. The summed E-state index contributed by atoms with van der Waals surface area (Å²) in [7, 11) is 0. The third kappa shape index (κ3) is 2.65. The molecule has 4 rings (SSSR count). The minimum atomic E-state index is -0.411. The van der Waals surface area contributed by atoms with Crippen molar-refractivity contribution in [3.8, 4) is 5.75 Å². The number of hydrogen-bond donors (Lipinski definition) is 1. The first-order chi connectivity index (χ1) is 12.0. The van der Waals surface area contributed by atoms with E-state index in [-0.39, 0.29) is 30.8 Å². The molecule has 2 heterocycles. The van der Waals surface area contributed by atoms with E-state index in [4.69, 9.17) is 4.74 Å². The summed E-state index contributed by atoms with van der Waals surface area (Å²) in [6.07, 6.45) is 5.54. The number of nitrogens with zero attached hydrogens (tertiary/aromatic N) is 1. The average Bonchev–Trinajstić information content (AvgIpc) is 3.15. The molecule has 2 aromatic rings. The lowest BCUT2D eigenvalue weighted by Gasteiger charge is -2.32. The number of ether oxygens (including phenoxy) is 1. The average molecular weight is 336 g/mol. The van der Waals surface area contributed by atoms with E-state index in [0.717, 1.165) is 16.9 Å². The fraction of sp³-hybridized carbons (Fsp3) is 0.300. The molecule has 1 aromatic carbocycles. The molecule has 0 unspecified atom stereocenters. The van der Waals surface area contributed by atoms with Crippen molar-refractivity contribution in [2.24, 2.45) is 0 Å². The summed E-state index contributed by atoms with van der Waals surface area (Å²) in [5, 5.41) is 2.79. The van der Waals surface area contributed by atoms with Crippen molar-refractivity contribution in [2.75, 3.05) is 0 Å². The van der Waals surface area contributed by atoms with Crippen molar-refractivity contribution in [3.63, 3.8) is 0 Å². The molecule has 0 saturated heterocycles. The lowest BCUT2D eigenvalue weighted by molar-refractivity contribution is -0.124. The van der Waals surface area contributed by atoms with Crippen molar-refractivity contribution >= 4 is 11.7 Å². The highest BCUT2D eigenvalue weighted by Crippen LogP contribution is 2.47. The van der Waals surface area contributed by atoms with Crippen LogP contribution in [0.2, 0.25) is 0 Å². The van der Waals surface area contributed by atoms with E-state index in [9.17, 15) is 9.59 Å². The Bertz CT molecular complexity index is 882. The largest absolute Gasteiger partial charge is 0.488 e. The maximum atomic E-state index is 12.5. The van der Waals surface area contributed by atoms with Crippen LogP contribution in [0.3, 0.4) is 0 Å². The number of allylic oxidation sites excluding steroid dienone is 1. The van der Waals surface area contributed by atoms with Gasteiger partial charge >= 0.3 is 0 Å². The number of carbonyl (C=O) groups is 2. The lowest BCUT2D eigenvalue weighted by atomic mass is 9.73. The van der Waals surface area contributed by atoms with Crippen LogP contribution in [0.15, 0.2) is 54.5 Å². The number of ketones is 1. The van der Waals surface area contributed by atoms with Crippen molar-refractivity contribution in [1.82, 2.24) is 9.88 Å². The van der Waals surface area contributed by atoms with Crippen LogP contribution >= 0.6 is 0 Å². The standard InChI is InChI=1S/C20H20N2O3/c1-13-5-6-17-14(9-13)20(2)11-15(16(23)10-18(20)25-17)21-19(24)12-22-7-3-4-8-22/h3-9,11,18H,10,12H2,1-2H3,(H,21,24)/t18-,20-/m0/s1. The molecular weight excluding hydrogens is 316 g/mol. The molecule has 1 amide bonds. The second-order valence-electron chi connectivity index (χ2n) is 6.98. The second-order valence-corrected chi connectivity index (χ2v) is 6.98. The smallest absolute Gasteiger partial charge is 0.244 e. The predicted molar refractivity (Wildman–Crippen MR) is 93.2 cm³/mol. The Hall–Kier alpha value is -2.82. The van der Waals surface area contributed by atoms with E-state index < -0.39 is 5.41 Å². The maximum Gasteiger partial charge on any atom is 0.244 e. The SMILES string of the molecule is Cc1ccc2c(c1)[C@]1(C)C=C(NC(=O)Cn3cccc3)C(=O)C[C@@H]1O2. The van der Waals surface area contributed by atoms with E-state index in [1.54, 1.807) is 4.57 Å². The van der Waals surface area contributed by atoms with Crippen LogP contribution in [-0.4, -0.2) is 22.4 Å². The summed E-state index contributed by atoms with van der Waals surface area (Å²) >= 11 is 0. The molecule has 5 heteroatoms. The van der Waals surface area contributed by atoms with Gasteiger partial charge in [-0.25, -0.2) is 0 Å². The van der Waals surface area contributed by atoms with Crippen molar-refractivity contribution in [2.45, 2.75) is 38.3 Å². The summed E-state index contributed by atoms with van der Waals surface area (Å²) in [5.41, 5.74) is 2.18. The van der Waals surface area contributed by atoms with Gasteiger partial charge in [0.05, 0.1) is 17.5 Å². The van der Waals surface area contributed by atoms with Crippen LogP contribution in [0.5, 0.6) is 5.75 Å². The van der Waals surface area contributed by atoms with E-state index in [1.807, 2.05) is 49.7 Å². The molecule has 1 aliphatic carbocycles. The lowest BCUT2D eigenvalue weighted by Crippen LogP contribution is -2.43. The first-order valence-corrected chi connectivity index (χ1v) is 8.40. The van der Waals surface area contributed by atoms with E-state index >= 15 is 0 Å². The molecule has 25 heavy (non-hydrogen) atoms. The first-order valence-electron chi connectivity index (χ1n) is 8.40. The zero-order valence-electron chi connectivity index (χ0n) is 14.3. The number of aromatic nitrogens is 1. The number of benzene rings is 1. The van der Waals surface area contributed by atoms with Gasteiger partial charge in [-0.2, -0.15) is 0 Å². The van der Waals surface area contributed by atoms with Gasteiger partial charge in [-0.1, -0.05) is 17.7 Å². The third-order valence-electron chi connectivity index (χ3n) is 5.04. The number of rotatable bonds is 3. The Balaban J connectivity index is 1.62. The van der Waals surface area contributed by atoms with Crippen LogP contribution in [0.4, 0.5) is 0 Å². The van der Waals surface area contributed by atoms with Gasteiger partial charge in [-0.3, -0.25) is 9.59 Å². The third-order valence-corrected chi connectivity index (χ3v) is 5.04. The van der Waals surface area contributed by atoms with Gasteiger partial charge in [0, 0.05) is 18.0 Å².